The molecule has 1 aliphatic heterocycles. The molecule has 1 atom stereocenters. The quantitative estimate of drug-likeness (QED) is 0.671. The molecule has 1 fully saturated rings. The Bertz CT molecular complexity index is 708. The average molecular weight is 354 g/mol. The maximum atomic E-state index is 12.5. The van der Waals surface area contributed by atoms with Crippen molar-refractivity contribution in [3.8, 4) is 0 Å². The number of benzene rings is 2. The zero-order valence-corrected chi connectivity index (χ0v) is 15.9. The van der Waals surface area contributed by atoms with Crippen molar-refractivity contribution in [3.63, 3.8) is 0 Å². The minimum Gasteiger partial charge on any atom is -0.347 e. The van der Waals surface area contributed by atoms with Crippen LogP contribution in [0.4, 0.5) is 0 Å². The van der Waals surface area contributed by atoms with Gasteiger partial charge in [-0.2, -0.15) is 0 Å². The number of hydrogen-bond donors (Lipinski definition) is 3. The number of rotatable bonds is 6. The number of aryl methyl sites for hydroxylation is 1. The van der Waals surface area contributed by atoms with Gasteiger partial charge in [0.15, 0.2) is 6.04 Å². The van der Waals surface area contributed by atoms with Gasteiger partial charge in [-0.25, -0.2) is 0 Å². The summed E-state index contributed by atoms with van der Waals surface area (Å²) in [6, 6.07) is 18.8. The Kier molecular flexibility index (Phi) is 6.42. The van der Waals surface area contributed by atoms with E-state index in [0.29, 0.717) is 6.54 Å². The second-order valence-electron chi connectivity index (χ2n) is 7.44. The van der Waals surface area contributed by atoms with Crippen molar-refractivity contribution in [1.82, 2.24) is 5.32 Å². The Labute approximate surface area is 156 Å². The Balaban J connectivity index is 1.45. The summed E-state index contributed by atoms with van der Waals surface area (Å²) in [5.74, 6) is 0.159. The smallest absolute Gasteiger partial charge is 0.278 e. The van der Waals surface area contributed by atoms with Crippen LogP contribution in [-0.4, -0.2) is 38.1 Å². The van der Waals surface area contributed by atoms with E-state index in [2.05, 4.69) is 43.4 Å². The molecule has 3 N–H and O–H groups in total. The molecule has 1 amide bonds. The number of nitrogens with one attached hydrogen (secondary N) is 3. The summed E-state index contributed by atoms with van der Waals surface area (Å²) in [4.78, 5) is 15.5. The summed E-state index contributed by atoms with van der Waals surface area (Å²) in [7, 11) is 0. The van der Waals surface area contributed by atoms with Gasteiger partial charge in [-0.1, -0.05) is 54.6 Å². The molecule has 4 nitrogen and oxygen atoms in total. The van der Waals surface area contributed by atoms with Crippen molar-refractivity contribution in [3.05, 3.63) is 71.3 Å². The first-order valence-corrected chi connectivity index (χ1v) is 9.68. The Morgan fingerprint density at radius 2 is 1.65 bits per heavy atom. The van der Waals surface area contributed by atoms with E-state index < -0.39 is 0 Å². The molecule has 26 heavy (non-hydrogen) atoms. The lowest BCUT2D eigenvalue weighted by molar-refractivity contribution is -1.02. The van der Waals surface area contributed by atoms with Crippen LogP contribution in [0.5, 0.6) is 0 Å². The van der Waals surface area contributed by atoms with Crippen molar-refractivity contribution >= 4 is 5.91 Å². The number of quaternary nitrogens is 2. The summed E-state index contributed by atoms with van der Waals surface area (Å²) in [5.41, 5.74) is 3.97. The van der Waals surface area contributed by atoms with Gasteiger partial charge in [-0.15, -0.1) is 0 Å². The fourth-order valence-electron chi connectivity index (χ4n) is 3.74. The summed E-state index contributed by atoms with van der Waals surface area (Å²) in [5, 5.41) is 3.09. The average Bonchev–Trinajstić information content (AvgIpc) is 2.69. The third kappa shape index (κ3) is 4.93. The van der Waals surface area contributed by atoms with Gasteiger partial charge < -0.3 is 15.1 Å². The van der Waals surface area contributed by atoms with Crippen LogP contribution in [0.15, 0.2) is 54.6 Å². The molecule has 138 valence electrons. The highest BCUT2D eigenvalue weighted by Crippen LogP contribution is 2.04. The van der Waals surface area contributed by atoms with E-state index in [1.807, 2.05) is 30.3 Å². The van der Waals surface area contributed by atoms with Crippen LogP contribution in [0.3, 0.4) is 0 Å². The summed E-state index contributed by atoms with van der Waals surface area (Å²) in [6.07, 6.45) is 0. The number of carbonyl (C=O) groups is 1. The van der Waals surface area contributed by atoms with Crippen LogP contribution in [0.1, 0.15) is 23.6 Å². The molecule has 4 heteroatoms. The molecular formula is C22H31N3O+2. The lowest BCUT2D eigenvalue weighted by atomic mass is 10.1. The zero-order valence-electron chi connectivity index (χ0n) is 15.9. The summed E-state index contributed by atoms with van der Waals surface area (Å²) in [6.45, 7) is 10.3. The van der Waals surface area contributed by atoms with E-state index in [1.165, 1.54) is 16.0 Å². The van der Waals surface area contributed by atoms with Gasteiger partial charge in [0.05, 0.1) is 0 Å². The lowest BCUT2D eigenvalue weighted by Crippen LogP contribution is -3.29. The van der Waals surface area contributed by atoms with E-state index >= 15 is 0 Å². The second kappa shape index (κ2) is 8.97. The molecule has 0 bridgehead atoms. The monoisotopic (exact) mass is 353 g/mol. The van der Waals surface area contributed by atoms with E-state index in [0.717, 1.165) is 38.3 Å². The van der Waals surface area contributed by atoms with Crippen LogP contribution in [-0.2, 0) is 17.9 Å². The zero-order chi connectivity index (χ0) is 18.4. The highest BCUT2D eigenvalue weighted by atomic mass is 16.2. The largest absolute Gasteiger partial charge is 0.347 e. The second-order valence-corrected chi connectivity index (χ2v) is 7.44. The van der Waals surface area contributed by atoms with Gasteiger partial charge in [0.25, 0.3) is 5.91 Å². The van der Waals surface area contributed by atoms with Gasteiger partial charge >= 0.3 is 0 Å². The molecule has 2 aromatic carbocycles. The molecule has 3 rings (SSSR count). The minimum atomic E-state index is 0.0127. The van der Waals surface area contributed by atoms with Crippen molar-refractivity contribution in [1.29, 1.82) is 0 Å². The van der Waals surface area contributed by atoms with Gasteiger partial charge in [0.2, 0.25) is 0 Å². The first-order chi connectivity index (χ1) is 12.6. The predicted molar refractivity (Wildman–Crippen MR) is 104 cm³/mol. The first kappa shape index (κ1) is 18.6. The lowest BCUT2D eigenvalue weighted by Gasteiger charge is -2.32. The molecule has 0 aliphatic carbocycles. The highest BCUT2D eigenvalue weighted by molar-refractivity contribution is 5.79. The van der Waals surface area contributed by atoms with E-state index in [4.69, 9.17) is 0 Å². The first-order valence-electron chi connectivity index (χ1n) is 9.68. The molecule has 0 saturated carbocycles. The van der Waals surface area contributed by atoms with Crippen molar-refractivity contribution in [2.75, 3.05) is 26.2 Å². The maximum Gasteiger partial charge on any atom is 0.278 e. The maximum absolute atomic E-state index is 12.5. The van der Waals surface area contributed by atoms with Crippen LogP contribution in [0, 0.1) is 6.92 Å². The van der Waals surface area contributed by atoms with E-state index in [-0.39, 0.29) is 11.9 Å². The summed E-state index contributed by atoms with van der Waals surface area (Å²) >= 11 is 0. The van der Waals surface area contributed by atoms with Gasteiger partial charge in [0.1, 0.15) is 32.7 Å². The normalized spacial score (nSPS) is 21.2. The predicted octanol–water partition coefficient (Wildman–Crippen LogP) is -0.0167. The third-order valence-electron chi connectivity index (χ3n) is 5.62. The SMILES string of the molecule is Cc1ccccc1C[NH+]1CC[NH+]([C@@H](C)C(=O)NCc2ccccc2)CC1. The van der Waals surface area contributed by atoms with Crippen molar-refractivity contribution in [2.24, 2.45) is 0 Å². The van der Waals surface area contributed by atoms with E-state index in [9.17, 15) is 4.79 Å². The van der Waals surface area contributed by atoms with Crippen LogP contribution >= 0.6 is 0 Å². The van der Waals surface area contributed by atoms with Crippen LogP contribution in [0.25, 0.3) is 0 Å². The fraction of sp³-hybridized carbons (Fsp3) is 0.409. The molecule has 0 aromatic heterocycles. The molecule has 1 heterocycles. The molecule has 0 spiro atoms. The molecule has 2 aromatic rings. The standard InChI is InChI=1S/C22H29N3O/c1-18-8-6-7-11-21(18)17-24-12-14-25(15-13-24)19(2)22(26)23-16-20-9-4-3-5-10-20/h3-11,19H,12-17H2,1-2H3,(H,23,26)/p+2/t19-/m0/s1. The Morgan fingerprint density at radius 3 is 2.35 bits per heavy atom. The topological polar surface area (TPSA) is 38.0 Å². The third-order valence-corrected chi connectivity index (χ3v) is 5.62. The number of carbonyl (C=O) groups excluding carboxylic acids is 1. The number of hydrogen-bond acceptors (Lipinski definition) is 1. The number of piperazine rings is 1. The highest BCUT2D eigenvalue weighted by Gasteiger charge is 2.30. The Hall–Kier alpha value is -2.17. The van der Waals surface area contributed by atoms with Crippen molar-refractivity contribution in [2.45, 2.75) is 33.0 Å². The van der Waals surface area contributed by atoms with Crippen LogP contribution in [0.2, 0.25) is 0 Å². The van der Waals surface area contributed by atoms with Gasteiger partial charge in [0, 0.05) is 12.1 Å². The molecule has 0 radical (unpaired) electrons. The number of amides is 1. The molecule has 1 saturated heterocycles. The molecule has 1 aliphatic rings. The van der Waals surface area contributed by atoms with Gasteiger partial charge in [-0.05, 0) is 25.0 Å². The fourth-order valence-corrected chi connectivity index (χ4v) is 3.74. The Morgan fingerprint density at radius 1 is 1.00 bits per heavy atom. The van der Waals surface area contributed by atoms with E-state index in [1.54, 1.807) is 4.90 Å². The molecular weight excluding hydrogens is 322 g/mol. The minimum absolute atomic E-state index is 0.0127. The van der Waals surface area contributed by atoms with Crippen molar-refractivity contribution < 1.29 is 14.6 Å². The summed E-state index contributed by atoms with van der Waals surface area (Å²) < 4.78 is 0. The molecule has 0 unspecified atom stereocenters. The van der Waals surface area contributed by atoms with Crippen LogP contribution < -0.4 is 15.1 Å². The van der Waals surface area contributed by atoms with Gasteiger partial charge in [-0.3, -0.25) is 4.79 Å².